The Morgan fingerprint density at radius 2 is 1.88 bits per heavy atom. The topological polar surface area (TPSA) is 49.2 Å². The third-order valence-electron chi connectivity index (χ3n) is 4.11. The van der Waals surface area contributed by atoms with Crippen molar-refractivity contribution in [2.75, 3.05) is 0 Å². The number of nitrogens with zero attached hydrogens (tertiary/aromatic N) is 3. The summed E-state index contributed by atoms with van der Waals surface area (Å²) in [5.41, 5.74) is 1.26. The van der Waals surface area contributed by atoms with E-state index in [0.717, 1.165) is 0 Å². The number of ether oxygens (including phenoxy) is 2. The number of benzene rings is 1. The Labute approximate surface area is 157 Å². The molecule has 3 aromatic rings. The summed E-state index contributed by atoms with van der Waals surface area (Å²) in [6.07, 6.45) is 4.32. The van der Waals surface area contributed by atoms with E-state index in [-0.39, 0.29) is 6.10 Å². The number of hydrogen-bond acceptors (Lipinski definition) is 4. The van der Waals surface area contributed by atoms with Crippen LogP contribution in [0.4, 0.5) is 0 Å². The first kappa shape index (κ1) is 16.9. The van der Waals surface area contributed by atoms with Gasteiger partial charge in [0.25, 0.3) is 5.88 Å². The minimum atomic E-state index is -0.0576. The van der Waals surface area contributed by atoms with E-state index in [2.05, 4.69) is 16.1 Å². The van der Waals surface area contributed by atoms with Crippen LogP contribution >= 0.6 is 11.6 Å². The molecule has 1 aliphatic carbocycles. The summed E-state index contributed by atoms with van der Waals surface area (Å²) >= 11 is 6.57. The first-order chi connectivity index (χ1) is 12.6. The molecule has 1 saturated carbocycles. The van der Waals surface area contributed by atoms with Crippen LogP contribution in [0.15, 0.2) is 48.7 Å². The van der Waals surface area contributed by atoms with Gasteiger partial charge in [-0.2, -0.15) is 4.68 Å². The lowest BCUT2D eigenvalue weighted by atomic mass is 10.2. The summed E-state index contributed by atoms with van der Waals surface area (Å²) in [6.45, 7) is 3.86. The fourth-order valence-corrected chi connectivity index (χ4v) is 2.93. The van der Waals surface area contributed by atoms with Crippen molar-refractivity contribution >= 4 is 11.6 Å². The van der Waals surface area contributed by atoms with Crippen molar-refractivity contribution in [3.8, 4) is 23.2 Å². The molecule has 0 bridgehead atoms. The molecule has 6 heteroatoms. The van der Waals surface area contributed by atoms with E-state index in [0.29, 0.717) is 34.3 Å². The van der Waals surface area contributed by atoms with Gasteiger partial charge in [-0.05, 0) is 56.4 Å². The van der Waals surface area contributed by atoms with E-state index in [1.54, 1.807) is 4.68 Å². The zero-order valence-corrected chi connectivity index (χ0v) is 15.5. The molecular formula is C20H20ClN3O2. The number of hydrogen-bond donors (Lipinski definition) is 0. The van der Waals surface area contributed by atoms with Crippen LogP contribution in [0.25, 0.3) is 5.82 Å². The maximum Gasteiger partial charge on any atom is 0.278 e. The Balaban J connectivity index is 1.70. The Bertz CT molecular complexity index is 887. The van der Waals surface area contributed by atoms with E-state index in [1.807, 2.05) is 56.4 Å². The maximum atomic E-state index is 6.57. The minimum absolute atomic E-state index is 0.0576. The van der Waals surface area contributed by atoms with Crippen LogP contribution in [0.2, 0.25) is 5.15 Å². The second-order valence-electron chi connectivity index (χ2n) is 6.64. The fourth-order valence-electron chi connectivity index (χ4n) is 2.69. The van der Waals surface area contributed by atoms with Crippen molar-refractivity contribution in [2.24, 2.45) is 0 Å². The monoisotopic (exact) mass is 369 g/mol. The summed E-state index contributed by atoms with van der Waals surface area (Å²) in [5.74, 6) is 2.69. The third kappa shape index (κ3) is 3.53. The molecule has 0 spiro atoms. The molecule has 1 aliphatic rings. The van der Waals surface area contributed by atoms with Gasteiger partial charge in [0.1, 0.15) is 5.75 Å². The molecule has 26 heavy (non-hydrogen) atoms. The number of aromatic nitrogens is 3. The number of rotatable bonds is 6. The molecule has 1 fully saturated rings. The molecular weight excluding hydrogens is 350 g/mol. The maximum absolute atomic E-state index is 6.57. The number of pyridine rings is 1. The molecule has 0 radical (unpaired) electrons. The van der Waals surface area contributed by atoms with Crippen molar-refractivity contribution in [3.05, 3.63) is 59.4 Å². The second kappa shape index (κ2) is 7.00. The Morgan fingerprint density at radius 3 is 2.50 bits per heavy atom. The molecule has 2 aromatic heterocycles. The molecule has 0 aliphatic heterocycles. The average molecular weight is 370 g/mol. The molecule has 1 aromatic carbocycles. The first-order valence-corrected chi connectivity index (χ1v) is 9.14. The van der Waals surface area contributed by atoms with Gasteiger partial charge in [0.2, 0.25) is 5.75 Å². The van der Waals surface area contributed by atoms with Crippen LogP contribution in [0.5, 0.6) is 17.4 Å². The number of para-hydroxylation sites is 1. The summed E-state index contributed by atoms with van der Waals surface area (Å²) in [7, 11) is 0. The predicted octanol–water partition coefficient (Wildman–Crippen LogP) is 5.38. The van der Waals surface area contributed by atoms with Crippen LogP contribution < -0.4 is 9.47 Å². The van der Waals surface area contributed by atoms with Gasteiger partial charge < -0.3 is 9.47 Å². The van der Waals surface area contributed by atoms with E-state index in [1.165, 1.54) is 18.4 Å². The molecule has 134 valence electrons. The molecule has 0 N–H and O–H groups in total. The smallest absolute Gasteiger partial charge is 0.278 e. The third-order valence-corrected chi connectivity index (χ3v) is 4.44. The van der Waals surface area contributed by atoms with E-state index in [4.69, 9.17) is 21.1 Å². The van der Waals surface area contributed by atoms with Gasteiger partial charge >= 0.3 is 0 Å². The second-order valence-corrected chi connectivity index (χ2v) is 7.00. The van der Waals surface area contributed by atoms with E-state index >= 15 is 0 Å². The molecule has 0 amide bonds. The zero-order valence-electron chi connectivity index (χ0n) is 14.7. The molecule has 0 saturated heterocycles. The van der Waals surface area contributed by atoms with Crippen molar-refractivity contribution in [3.63, 3.8) is 0 Å². The largest absolute Gasteiger partial charge is 0.471 e. The Kier molecular flexibility index (Phi) is 4.55. The minimum Gasteiger partial charge on any atom is -0.471 e. The van der Waals surface area contributed by atoms with Crippen LogP contribution in [0, 0.1) is 0 Å². The highest BCUT2D eigenvalue weighted by atomic mass is 35.5. The van der Waals surface area contributed by atoms with E-state index in [9.17, 15) is 0 Å². The molecule has 0 atom stereocenters. The lowest BCUT2D eigenvalue weighted by molar-refractivity contribution is 0.223. The highest BCUT2D eigenvalue weighted by molar-refractivity contribution is 6.31. The lowest BCUT2D eigenvalue weighted by Gasteiger charge is -2.09. The van der Waals surface area contributed by atoms with Gasteiger partial charge in [0.05, 0.1) is 6.10 Å². The standard InChI is InChI=1S/C20H20ClN3O2/c1-13(2)25-20-18(26-16-6-4-3-5-7-16)19(21)24(23-20)17-11-10-15(12-22-17)14-8-9-14/h3-7,10-14H,8-9H2,1-2H3. The highest BCUT2D eigenvalue weighted by Crippen LogP contribution is 2.41. The Hall–Kier alpha value is -2.53. The van der Waals surface area contributed by atoms with Gasteiger partial charge in [0.15, 0.2) is 11.0 Å². The molecule has 0 unspecified atom stereocenters. The lowest BCUT2D eigenvalue weighted by Crippen LogP contribution is -2.07. The summed E-state index contributed by atoms with van der Waals surface area (Å²) in [4.78, 5) is 4.52. The summed E-state index contributed by atoms with van der Waals surface area (Å²) in [6, 6.07) is 13.4. The van der Waals surface area contributed by atoms with Crippen LogP contribution in [0.1, 0.15) is 38.2 Å². The normalized spacial score (nSPS) is 13.8. The van der Waals surface area contributed by atoms with Gasteiger partial charge in [0, 0.05) is 6.20 Å². The van der Waals surface area contributed by atoms with Gasteiger partial charge in [-0.3, -0.25) is 0 Å². The highest BCUT2D eigenvalue weighted by Gasteiger charge is 2.25. The van der Waals surface area contributed by atoms with Crippen molar-refractivity contribution in [1.29, 1.82) is 0 Å². The summed E-state index contributed by atoms with van der Waals surface area (Å²) in [5, 5.41) is 4.81. The van der Waals surface area contributed by atoms with Crippen molar-refractivity contribution in [1.82, 2.24) is 14.8 Å². The SMILES string of the molecule is CC(C)Oc1nn(-c2ccc(C3CC3)cn2)c(Cl)c1Oc1ccccc1. The molecule has 5 nitrogen and oxygen atoms in total. The zero-order chi connectivity index (χ0) is 18.1. The predicted molar refractivity (Wildman–Crippen MR) is 101 cm³/mol. The van der Waals surface area contributed by atoms with E-state index < -0.39 is 0 Å². The molecule has 4 rings (SSSR count). The quantitative estimate of drug-likeness (QED) is 0.585. The first-order valence-electron chi connectivity index (χ1n) is 8.76. The molecule has 2 heterocycles. The van der Waals surface area contributed by atoms with Gasteiger partial charge in [-0.25, -0.2) is 4.98 Å². The van der Waals surface area contributed by atoms with Crippen LogP contribution in [0.3, 0.4) is 0 Å². The number of halogens is 1. The van der Waals surface area contributed by atoms with Crippen LogP contribution in [-0.4, -0.2) is 20.9 Å². The Morgan fingerprint density at radius 1 is 1.12 bits per heavy atom. The van der Waals surface area contributed by atoms with Gasteiger partial charge in [-0.1, -0.05) is 35.9 Å². The average Bonchev–Trinajstić information content (AvgIpc) is 3.45. The van der Waals surface area contributed by atoms with Crippen LogP contribution in [-0.2, 0) is 0 Å². The summed E-state index contributed by atoms with van der Waals surface area (Å²) < 4.78 is 13.3. The van der Waals surface area contributed by atoms with Crippen molar-refractivity contribution in [2.45, 2.75) is 38.7 Å². The van der Waals surface area contributed by atoms with Gasteiger partial charge in [-0.15, -0.1) is 5.10 Å². The fraction of sp³-hybridized carbons (Fsp3) is 0.300. The van der Waals surface area contributed by atoms with Crippen molar-refractivity contribution < 1.29 is 9.47 Å².